The van der Waals surface area contributed by atoms with E-state index in [9.17, 15) is 4.79 Å². The third kappa shape index (κ3) is 2.14. The molecule has 2 unspecified atom stereocenters. The summed E-state index contributed by atoms with van der Waals surface area (Å²) in [5.74, 6) is 0.0355. The Morgan fingerprint density at radius 1 is 1.44 bits per heavy atom. The Kier molecular flexibility index (Phi) is 3.07. The number of ether oxygens (including phenoxy) is 1. The second kappa shape index (κ2) is 4.72. The van der Waals surface area contributed by atoms with Crippen LogP contribution in [0.1, 0.15) is 43.3 Å². The number of aromatic nitrogens is 2. The van der Waals surface area contributed by atoms with Crippen molar-refractivity contribution in [2.75, 3.05) is 6.61 Å². The molecule has 98 valence electrons. The fourth-order valence-electron chi connectivity index (χ4n) is 2.80. The molecule has 2 atom stereocenters. The maximum absolute atomic E-state index is 11.0. The van der Waals surface area contributed by atoms with Gasteiger partial charge in [0.15, 0.2) is 0 Å². The molecule has 2 aliphatic heterocycles. The van der Waals surface area contributed by atoms with Crippen LogP contribution in [0.25, 0.3) is 0 Å². The summed E-state index contributed by atoms with van der Waals surface area (Å²) in [5, 5.41) is 9.06. The molecule has 5 nitrogen and oxygen atoms in total. The molecule has 1 aromatic heterocycles. The fraction of sp³-hybridized carbons (Fsp3) is 0.692. The van der Waals surface area contributed by atoms with Gasteiger partial charge in [-0.2, -0.15) is 0 Å². The van der Waals surface area contributed by atoms with E-state index >= 15 is 0 Å². The third-order valence-electron chi connectivity index (χ3n) is 3.87. The summed E-state index contributed by atoms with van der Waals surface area (Å²) in [7, 11) is 0. The Morgan fingerprint density at radius 3 is 3.06 bits per heavy atom. The number of imidazole rings is 1. The van der Waals surface area contributed by atoms with Crippen LogP contribution in [0.2, 0.25) is 0 Å². The second-order valence-corrected chi connectivity index (χ2v) is 5.16. The van der Waals surface area contributed by atoms with E-state index < -0.39 is 5.97 Å². The average Bonchev–Trinajstić information content (AvgIpc) is 2.82. The first kappa shape index (κ1) is 11.7. The van der Waals surface area contributed by atoms with Crippen LogP contribution in [0.4, 0.5) is 0 Å². The number of hydrogen-bond donors (Lipinski definition) is 1. The Bertz CT molecular complexity index is 449. The molecule has 1 N–H and O–H groups in total. The van der Waals surface area contributed by atoms with Crippen molar-refractivity contribution in [3.05, 3.63) is 17.7 Å². The molecule has 0 saturated carbocycles. The van der Waals surface area contributed by atoms with Crippen molar-refractivity contribution in [2.45, 2.75) is 44.8 Å². The number of nitrogens with zero attached hydrogens (tertiary/aromatic N) is 2. The van der Waals surface area contributed by atoms with Crippen LogP contribution >= 0.6 is 0 Å². The van der Waals surface area contributed by atoms with Crippen LogP contribution in [0.15, 0.2) is 6.20 Å². The molecule has 1 saturated heterocycles. The maximum atomic E-state index is 11.0. The van der Waals surface area contributed by atoms with Gasteiger partial charge >= 0.3 is 5.97 Å². The zero-order valence-electron chi connectivity index (χ0n) is 10.3. The summed E-state index contributed by atoms with van der Waals surface area (Å²) >= 11 is 0. The van der Waals surface area contributed by atoms with Gasteiger partial charge in [-0.1, -0.05) is 0 Å². The smallest absolute Gasteiger partial charge is 0.308 e. The molecule has 0 amide bonds. The van der Waals surface area contributed by atoms with E-state index in [4.69, 9.17) is 9.84 Å². The summed E-state index contributed by atoms with van der Waals surface area (Å²) in [6, 6.07) is 0. The third-order valence-corrected chi connectivity index (χ3v) is 3.87. The Balaban J connectivity index is 1.78. The molecular formula is C13H18N2O3. The molecule has 0 spiro atoms. The minimum absolute atomic E-state index is 0.111. The van der Waals surface area contributed by atoms with Gasteiger partial charge in [0, 0.05) is 25.8 Å². The van der Waals surface area contributed by atoms with Gasteiger partial charge in [-0.3, -0.25) is 4.79 Å². The predicted molar refractivity (Wildman–Crippen MR) is 64.2 cm³/mol. The van der Waals surface area contributed by atoms with Gasteiger partial charge in [0.1, 0.15) is 11.9 Å². The van der Waals surface area contributed by atoms with E-state index in [0.717, 1.165) is 37.4 Å². The number of aryl methyl sites for hydroxylation is 1. The van der Waals surface area contributed by atoms with Crippen LogP contribution in [-0.2, 0) is 22.5 Å². The van der Waals surface area contributed by atoms with E-state index in [1.165, 1.54) is 6.42 Å². The average molecular weight is 250 g/mol. The highest BCUT2D eigenvalue weighted by Crippen LogP contribution is 2.29. The molecule has 1 fully saturated rings. The van der Waals surface area contributed by atoms with Gasteiger partial charge in [0.2, 0.25) is 0 Å². The summed E-state index contributed by atoms with van der Waals surface area (Å²) in [5.41, 5.74) is 0.982. The lowest BCUT2D eigenvalue weighted by Crippen LogP contribution is -2.26. The highest BCUT2D eigenvalue weighted by atomic mass is 16.5. The van der Waals surface area contributed by atoms with E-state index in [1.54, 1.807) is 0 Å². The minimum Gasteiger partial charge on any atom is -0.481 e. The highest BCUT2D eigenvalue weighted by Gasteiger charge is 2.27. The van der Waals surface area contributed by atoms with Gasteiger partial charge in [0.05, 0.1) is 11.6 Å². The molecule has 2 aliphatic rings. The summed E-state index contributed by atoms with van der Waals surface area (Å²) < 4.78 is 7.72. The van der Waals surface area contributed by atoms with Gasteiger partial charge in [-0.25, -0.2) is 4.98 Å². The van der Waals surface area contributed by atoms with Gasteiger partial charge in [0.25, 0.3) is 0 Å². The number of carboxylic acids is 1. The first-order chi connectivity index (χ1) is 8.74. The fourth-order valence-corrected chi connectivity index (χ4v) is 2.80. The van der Waals surface area contributed by atoms with Crippen molar-refractivity contribution in [1.29, 1.82) is 0 Å². The summed E-state index contributed by atoms with van der Waals surface area (Å²) in [4.78, 5) is 15.6. The molecule has 1 aromatic rings. The standard InChI is InChI=1S/C13H18N2O3/c16-13(17)9-4-5-12-14-10(8-15(12)7-9)11-3-1-2-6-18-11/h8-9,11H,1-7H2,(H,16,17). The van der Waals surface area contributed by atoms with E-state index in [0.29, 0.717) is 13.0 Å². The lowest BCUT2D eigenvalue weighted by molar-refractivity contribution is -0.142. The van der Waals surface area contributed by atoms with Crippen LogP contribution in [0.5, 0.6) is 0 Å². The molecule has 0 bridgehead atoms. The number of hydrogen-bond acceptors (Lipinski definition) is 3. The molecule has 18 heavy (non-hydrogen) atoms. The van der Waals surface area contributed by atoms with E-state index in [-0.39, 0.29) is 12.0 Å². The first-order valence-electron chi connectivity index (χ1n) is 6.64. The second-order valence-electron chi connectivity index (χ2n) is 5.16. The lowest BCUT2D eigenvalue weighted by Gasteiger charge is -2.20. The zero-order chi connectivity index (χ0) is 12.5. The van der Waals surface area contributed by atoms with Crippen molar-refractivity contribution in [3.63, 3.8) is 0 Å². The largest absolute Gasteiger partial charge is 0.481 e. The number of rotatable bonds is 2. The predicted octanol–water partition coefficient (Wildman–Crippen LogP) is 1.77. The lowest BCUT2D eigenvalue weighted by atomic mass is 10.00. The van der Waals surface area contributed by atoms with E-state index in [1.807, 2.05) is 10.8 Å². The van der Waals surface area contributed by atoms with Crippen LogP contribution in [-0.4, -0.2) is 27.2 Å². The summed E-state index contributed by atoms with van der Waals surface area (Å²) in [6.45, 7) is 1.36. The molecule has 0 aliphatic carbocycles. The molecule has 0 radical (unpaired) electrons. The maximum Gasteiger partial charge on any atom is 0.308 e. The van der Waals surface area contributed by atoms with Crippen molar-refractivity contribution >= 4 is 5.97 Å². The van der Waals surface area contributed by atoms with Crippen LogP contribution < -0.4 is 0 Å². The van der Waals surface area contributed by atoms with Crippen molar-refractivity contribution in [1.82, 2.24) is 9.55 Å². The van der Waals surface area contributed by atoms with Crippen LogP contribution in [0, 0.1) is 5.92 Å². The first-order valence-corrected chi connectivity index (χ1v) is 6.64. The van der Waals surface area contributed by atoms with Gasteiger partial charge in [-0.15, -0.1) is 0 Å². The SMILES string of the molecule is O=C(O)C1CCc2nc(C3CCCCO3)cn2C1. The highest BCUT2D eigenvalue weighted by molar-refractivity contribution is 5.70. The van der Waals surface area contributed by atoms with Gasteiger partial charge in [-0.05, 0) is 25.7 Å². The van der Waals surface area contributed by atoms with Crippen molar-refractivity contribution in [2.24, 2.45) is 5.92 Å². The number of carboxylic acid groups (broad SMARTS) is 1. The quantitative estimate of drug-likeness (QED) is 0.868. The topological polar surface area (TPSA) is 64.3 Å². The number of carbonyl (C=O) groups is 1. The Hall–Kier alpha value is -1.36. The molecule has 5 heteroatoms. The Labute approximate surface area is 106 Å². The number of aliphatic carboxylic acids is 1. The molecule has 3 rings (SSSR count). The monoisotopic (exact) mass is 250 g/mol. The zero-order valence-corrected chi connectivity index (χ0v) is 10.3. The molecule has 3 heterocycles. The molecule has 0 aromatic carbocycles. The Morgan fingerprint density at radius 2 is 2.33 bits per heavy atom. The van der Waals surface area contributed by atoms with Crippen LogP contribution in [0.3, 0.4) is 0 Å². The minimum atomic E-state index is -0.704. The van der Waals surface area contributed by atoms with Crippen molar-refractivity contribution < 1.29 is 14.6 Å². The van der Waals surface area contributed by atoms with Gasteiger partial charge < -0.3 is 14.4 Å². The molecular weight excluding hydrogens is 232 g/mol. The van der Waals surface area contributed by atoms with Crippen molar-refractivity contribution in [3.8, 4) is 0 Å². The number of fused-ring (bicyclic) bond motifs is 1. The summed E-state index contributed by atoms with van der Waals surface area (Å²) in [6.07, 6.45) is 6.89. The normalized spacial score (nSPS) is 27.8. The van der Waals surface area contributed by atoms with E-state index in [2.05, 4.69) is 4.98 Å².